The van der Waals surface area contributed by atoms with E-state index in [1.807, 2.05) is 6.08 Å². The highest BCUT2D eigenvalue weighted by Gasteiger charge is 2.58. The van der Waals surface area contributed by atoms with Crippen LogP contribution in [0, 0.1) is 29.1 Å². The number of ether oxygens (including phenoxy) is 1. The van der Waals surface area contributed by atoms with Gasteiger partial charge in [0.05, 0.1) is 5.56 Å². The van der Waals surface area contributed by atoms with Crippen molar-refractivity contribution in [2.24, 2.45) is 29.1 Å². The van der Waals surface area contributed by atoms with Crippen LogP contribution in [0.25, 0.3) is 0 Å². The van der Waals surface area contributed by atoms with Gasteiger partial charge in [0.25, 0.3) is 0 Å². The summed E-state index contributed by atoms with van der Waals surface area (Å²) in [6.07, 6.45) is 15.0. The van der Waals surface area contributed by atoms with Crippen molar-refractivity contribution in [1.29, 1.82) is 0 Å². The number of fused-ring (bicyclic) bond motifs is 5. The van der Waals surface area contributed by atoms with Crippen LogP contribution in [0.4, 0.5) is 0 Å². The van der Waals surface area contributed by atoms with Crippen molar-refractivity contribution in [3.8, 4) is 0 Å². The maximum absolute atomic E-state index is 12.7. The molecule has 0 aromatic carbocycles. The topological polar surface area (TPSA) is 56.3 Å². The molecule has 1 aromatic rings. The molecule has 29 heavy (non-hydrogen) atoms. The first-order valence-electron chi connectivity index (χ1n) is 11.5. The van der Waals surface area contributed by atoms with E-state index in [-0.39, 0.29) is 17.5 Å². The molecule has 1 heterocycles. The van der Waals surface area contributed by atoms with Gasteiger partial charge in [0.15, 0.2) is 5.78 Å². The third-order valence-electron chi connectivity index (χ3n) is 8.74. The molecule has 0 amide bonds. The van der Waals surface area contributed by atoms with Gasteiger partial charge in [-0.2, -0.15) is 0 Å². The van der Waals surface area contributed by atoms with E-state index in [1.54, 1.807) is 24.5 Å². The van der Waals surface area contributed by atoms with Crippen LogP contribution in [0.1, 0.15) is 75.1 Å². The summed E-state index contributed by atoms with van der Waals surface area (Å²) in [4.78, 5) is 28.7. The van der Waals surface area contributed by atoms with Gasteiger partial charge in [0.1, 0.15) is 6.10 Å². The molecule has 0 unspecified atom stereocenters. The van der Waals surface area contributed by atoms with E-state index >= 15 is 0 Å². The van der Waals surface area contributed by atoms with E-state index in [9.17, 15) is 9.59 Å². The second-order valence-corrected chi connectivity index (χ2v) is 9.64. The summed E-state index contributed by atoms with van der Waals surface area (Å²) in [6, 6.07) is 3.58. The number of nitrogens with zero attached hydrogens (tertiary/aromatic N) is 1. The Balaban J connectivity index is 1.37. The van der Waals surface area contributed by atoms with Crippen LogP contribution in [-0.4, -0.2) is 22.8 Å². The van der Waals surface area contributed by atoms with Crippen LogP contribution < -0.4 is 0 Å². The molecular weight excluding hydrogens is 362 g/mol. The Morgan fingerprint density at radius 1 is 1.17 bits per heavy atom. The number of esters is 1. The van der Waals surface area contributed by atoms with Gasteiger partial charge in [0.2, 0.25) is 0 Å². The van der Waals surface area contributed by atoms with Crippen molar-refractivity contribution in [2.45, 2.75) is 70.8 Å². The number of carbonyl (C=O) groups excluding carboxylic acids is 2. The number of carbonyl (C=O) groups is 2. The van der Waals surface area contributed by atoms with Crippen molar-refractivity contribution in [1.82, 2.24) is 4.98 Å². The first-order valence-corrected chi connectivity index (χ1v) is 11.5. The third-order valence-corrected chi connectivity index (χ3v) is 8.74. The summed E-state index contributed by atoms with van der Waals surface area (Å²) < 4.78 is 6.13. The Kier molecular flexibility index (Phi) is 4.84. The van der Waals surface area contributed by atoms with Gasteiger partial charge in [-0.15, -0.1) is 0 Å². The lowest BCUT2D eigenvalue weighted by atomic mass is 9.51. The van der Waals surface area contributed by atoms with Gasteiger partial charge in [0, 0.05) is 24.2 Å². The standard InChI is InChI=1S/C25H31NO3/c1-2-25-12-11-20-19-8-6-18(27)14-16(19)5-7-21(20)22(25)9-10-23(25)29-24(28)17-4-3-13-26-15-17/h3-4,13-15,19-23H,2,5-12H2,1H3/t19-,20+,21+,22-,23-,25-/m0/s1. The molecule has 4 nitrogen and oxygen atoms in total. The fraction of sp³-hybridized carbons (Fsp3) is 0.640. The first-order chi connectivity index (χ1) is 14.1. The molecule has 0 bridgehead atoms. The number of rotatable bonds is 3. The zero-order chi connectivity index (χ0) is 20.0. The highest BCUT2D eigenvalue weighted by atomic mass is 16.5. The Morgan fingerprint density at radius 2 is 2.07 bits per heavy atom. The molecule has 4 heteroatoms. The highest BCUT2D eigenvalue weighted by Crippen LogP contribution is 2.63. The van der Waals surface area contributed by atoms with Crippen molar-refractivity contribution in [3.63, 3.8) is 0 Å². The molecule has 4 aliphatic rings. The maximum atomic E-state index is 12.7. The minimum atomic E-state index is -0.224. The lowest BCUT2D eigenvalue weighted by molar-refractivity contribution is -0.116. The largest absolute Gasteiger partial charge is 0.458 e. The number of hydrogen-bond donors (Lipinski definition) is 0. The van der Waals surface area contributed by atoms with E-state index in [4.69, 9.17) is 4.74 Å². The molecule has 154 valence electrons. The number of ketones is 1. The van der Waals surface area contributed by atoms with Crippen molar-refractivity contribution < 1.29 is 14.3 Å². The van der Waals surface area contributed by atoms with Gasteiger partial charge in [-0.05, 0) is 93.2 Å². The molecule has 3 fully saturated rings. The summed E-state index contributed by atoms with van der Waals surface area (Å²) >= 11 is 0. The van der Waals surface area contributed by atoms with E-state index in [1.165, 1.54) is 24.8 Å². The fourth-order valence-corrected chi connectivity index (χ4v) is 7.47. The SMILES string of the molecule is CC[C@]12CC[C@H]3[C@@H](CCC4=CC(=O)CC[C@@H]43)[C@@H]1CC[C@@H]2OC(=O)c1cccnc1. The molecule has 6 atom stereocenters. The quantitative estimate of drug-likeness (QED) is 0.667. The monoisotopic (exact) mass is 393 g/mol. The zero-order valence-corrected chi connectivity index (χ0v) is 17.3. The molecule has 0 aliphatic heterocycles. The minimum Gasteiger partial charge on any atom is -0.458 e. The smallest absolute Gasteiger partial charge is 0.339 e. The summed E-state index contributed by atoms with van der Waals surface area (Å²) in [6.45, 7) is 2.29. The summed E-state index contributed by atoms with van der Waals surface area (Å²) in [7, 11) is 0. The first kappa shape index (κ1) is 19.0. The number of allylic oxidation sites excluding steroid dienone is 1. The van der Waals surface area contributed by atoms with Crippen LogP contribution in [-0.2, 0) is 9.53 Å². The predicted octanol–water partition coefficient (Wildman–Crippen LogP) is 5.14. The van der Waals surface area contributed by atoms with Gasteiger partial charge in [-0.1, -0.05) is 12.5 Å². The number of aromatic nitrogens is 1. The zero-order valence-electron chi connectivity index (χ0n) is 17.3. The Labute approximate surface area is 173 Å². The fourth-order valence-electron chi connectivity index (χ4n) is 7.47. The van der Waals surface area contributed by atoms with Crippen LogP contribution in [0.5, 0.6) is 0 Å². The van der Waals surface area contributed by atoms with Crippen molar-refractivity contribution >= 4 is 11.8 Å². The summed E-state index contributed by atoms with van der Waals surface area (Å²) in [5.74, 6) is 2.83. The Hall–Kier alpha value is -1.97. The van der Waals surface area contributed by atoms with E-state index in [0.29, 0.717) is 23.2 Å². The molecule has 3 saturated carbocycles. The molecule has 0 saturated heterocycles. The normalized spacial score (nSPS) is 38.4. The van der Waals surface area contributed by atoms with Gasteiger partial charge >= 0.3 is 5.97 Å². The predicted molar refractivity (Wildman–Crippen MR) is 110 cm³/mol. The van der Waals surface area contributed by atoms with Crippen LogP contribution in [0.15, 0.2) is 36.2 Å². The lowest BCUT2D eigenvalue weighted by Crippen LogP contribution is -2.49. The van der Waals surface area contributed by atoms with Crippen molar-refractivity contribution in [3.05, 3.63) is 41.7 Å². The highest BCUT2D eigenvalue weighted by molar-refractivity contribution is 5.91. The minimum absolute atomic E-state index is 0.0241. The Morgan fingerprint density at radius 3 is 2.86 bits per heavy atom. The Bertz CT molecular complexity index is 832. The second kappa shape index (κ2) is 7.37. The van der Waals surface area contributed by atoms with Gasteiger partial charge < -0.3 is 4.74 Å². The summed E-state index contributed by atoms with van der Waals surface area (Å²) in [5.41, 5.74) is 2.12. The molecular formula is C25H31NO3. The lowest BCUT2D eigenvalue weighted by Gasteiger charge is -2.54. The molecule has 5 rings (SSSR count). The second-order valence-electron chi connectivity index (χ2n) is 9.64. The van der Waals surface area contributed by atoms with E-state index in [0.717, 1.165) is 50.4 Å². The van der Waals surface area contributed by atoms with Crippen LogP contribution in [0.2, 0.25) is 0 Å². The van der Waals surface area contributed by atoms with Crippen molar-refractivity contribution in [2.75, 3.05) is 0 Å². The summed E-state index contributed by atoms with van der Waals surface area (Å²) in [5, 5.41) is 0. The van der Waals surface area contributed by atoms with Crippen LogP contribution in [0.3, 0.4) is 0 Å². The molecule has 0 N–H and O–H groups in total. The van der Waals surface area contributed by atoms with E-state index in [2.05, 4.69) is 11.9 Å². The van der Waals surface area contributed by atoms with Gasteiger partial charge in [-0.25, -0.2) is 4.79 Å². The number of pyridine rings is 1. The maximum Gasteiger partial charge on any atom is 0.339 e. The molecule has 0 spiro atoms. The molecule has 1 aromatic heterocycles. The average molecular weight is 394 g/mol. The molecule has 4 aliphatic carbocycles. The van der Waals surface area contributed by atoms with E-state index < -0.39 is 0 Å². The van der Waals surface area contributed by atoms with Crippen LogP contribution >= 0.6 is 0 Å². The third kappa shape index (κ3) is 3.06. The molecule has 0 radical (unpaired) electrons. The average Bonchev–Trinajstić information content (AvgIpc) is 3.12. The number of hydrogen-bond acceptors (Lipinski definition) is 4. The van der Waals surface area contributed by atoms with Gasteiger partial charge in [-0.3, -0.25) is 9.78 Å².